The van der Waals surface area contributed by atoms with Gasteiger partial charge in [0.05, 0.1) is 6.21 Å². The largest absolute Gasteiger partial charge is 0.484 e. The van der Waals surface area contributed by atoms with Gasteiger partial charge in [-0.05, 0) is 93.1 Å². The molecule has 2 aromatic carbocycles. The highest BCUT2D eigenvalue weighted by Crippen LogP contribution is 2.43. The Labute approximate surface area is 184 Å². The first-order chi connectivity index (χ1) is 14.2. The van der Waals surface area contributed by atoms with Crippen LogP contribution in [0.2, 0.25) is 5.02 Å². The fraction of sp³-hybridized carbons (Fsp3) is 0.417. The zero-order chi connectivity index (χ0) is 21.9. The van der Waals surface area contributed by atoms with Gasteiger partial charge in [0.2, 0.25) is 0 Å². The van der Waals surface area contributed by atoms with E-state index in [1.165, 1.54) is 11.3 Å². The molecule has 3 rings (SSSR count). The van der Waals surface area contributed by atoms with E-state index < -0.39 is 0 Å². The fourth-order valence-electron chi connectivity index (χ4n) is 4.27. The molecule has 1 heterocycles. The first kappa shape index (κ1) is 22.2. The van der Waals surface area contributed by atoms with Crippen LogP contribution < -0.4 is 15.1 Å². The smallest absolute Gasteiger partial charge is 0.277 e. The summed E-state index contributed by atoms with van der Waals surface area (Å²) in [7, 11) is 0. The predicted octanol–water partition coefficient (Wildman–Crippen LogP) is 5.29. The summed E-state index contributed by atoms with van der Waals surface area (Å²) in [4.78, 5) is 14.5. The van der Waals surface area contributed by atoms with Gasteiger partial charge in [-0.2, -0.15) is 5.10 Å². The molecule has 160 valence electrons. The molecule has 1 atom stereocenters. The quantitative estimate of drug-likeness (QED) is 0.503. The first-order valence-electron chi connectivity index (χ1n) is 10.3. The number of nitrogens with one attached hydrogen (secondary N) is 1. The third-order valence-corrected chi connectivity index (χ3v) is 5.92. The van der Waals surface area contributed by atoms with Gasteiger partial charge in [0.1, 0.15) is 5.75 Å². The molecular weight excluding hydrogens is 398 g/mol. The summed E-state index contributed by atoms with van der Waals surface area (Å²) < 4.78 is 5.43. The molecule has 0 bridgehead atoms. The van der Waals surface area contributed by atoms with Crippen LogP contribution in [0.15, 0.2) is 41.5 Å². The number of carbonyl (C=O) groups is 1. The van der Waals surface area contributed by atoms with Crippen LogP contribution in [0.4, 0.5) is 5.69 Å². The van der Waals surface area contributed by atoms with Crippen LogP contribution in [-0.4, -0.2) is 30.8 Å². The number of hydrazone groups is 1. The molecular formula is C24H30ClN3O2. The van der Waals surface area contributed by atoms with Crippen molar-refractivity contribution in [3.05, 3.63) is 58.1 Å². The summed E-state index contributed by atoms with van der Waals surface area (Å²) in [6, 6.07) is 11.3. The number of benzene rings is 2. The van der Waals surface area contributed by atoms with Gasteiger partial charge >= 0.3 is 0 Å². The number of ether oxygens (including phenoxy) is 1. The molecule has 0 radical (unpaired) electrons. The van der Waals surface area contributed by atoms with E-state index in [0.29, 0.717) is 16.7 Å². The van der Waals surface area contributed by atoms with Gasteiger partial charge in [-0.15, -0.1) is 0 Å². The van der Waals surface area contributed by atoms with Crippen LogP contribution in [0.3, 0.4) is 0 Å². The molecule has 1 aliphatic rings. The number of halogens is 1. The van der Waals surface area contributed by atoms with Crippen LogP contribution in [0.1, 0.15) is 56.7 Å². The molecule has 1 aliphatic heterocycles. The van der Waals surface area contributed by atoms with Crippen molar-refractivity contribution in [2.24, 2.45) is 5.10 Å². The lowest BCUT2D eigenvalue weighted by Crippen LogP contribution is -2.48. The molecule has 1 amide bonds. The number of hydrogen-bond donors (Lipinski definition) is 1. The van der Waals surface area contributed by atoms with Gasteiger partial charge in [0.15, 0.2) is 6.61 Å². The van der Waals surface area contributed by atoms with E-state index in [9.17, 15) is 4.79 Å². The molecule has 5 nitrogen and oxygen atoms in total. The average molecular weight is 428 g/mol. The van der Waals surface area contributed by atoms with E-state index in [4.69, 9.17) is 16.3 Å². The van der Waals surface area contributed by atoms with E-state index in [0.717, 1.165) is 24.1 Å². The molecule has 2 aromatic rings. The maximum absolute atomic E-state index is 12.0. The van der Waals surface area contributed by atoms with E-state index >= 15 is 0 Å². The monoisotopic (exact) mass is 427 g/mol. The Morgan fingerprint density at radius 3 is 2.70 bits per heavy atom. The van der Waals surface area contributed by atoms with E-state index in [-0.39, 0.29) is 18.1 Å². The number of aryl methyl sites for hydroxylation is 1. The molecule has 30 heavy (non-hydrogen) atoms. The Bertz CT molecular complexity index is 938. The van der Waals surface area contributed by atoms with Crippen molar-refractivity contribution in [2.75, 3.05) is 18.1 Å². The first-order valence-corrected chi connectivity index (χ1v) is 10.7. The molecule has 0 fully saturated rings. The van der Waals surface area contributed by atoms with Crippen molar-refractivity contribution in [2.45, 2.75) is 52.5 Å². The third kappa shape index (κ3) is 4.96. The average Bonchev–Trinajstić information content (AvgIpc) is 2.68. The van der Waals surface area contributed by atoms with Crippen LogP contribution in [0.25, 0.3) is 0 Å². The summed E-state index contributed by atoms with van der Waals surface area (Å²) in [6.07, 6.45) is 2.81. The molecule has 0 aromatic heterocycles. The molecule has 0 spiro atoms. The van der Waals surface area contributed by atoms with Gasteiger partial charge < -0.3 is 9.64 Å². The Balaban J connectivity index is 1.66. The number of hydrogen-bond acceptors (Lipinski definition) is 4. The number of carbonyl (C=O) groups excluding carboxylic acids is 1. The second kappa shape index (κ2) is 9.09. The summed E-state index contributed by atoms with van der Waals surface area (Å²) in [5.74, 6) is 0.735. The minimum atomic E-state index is -0.316. The topological polar surface area (TPSA) is 53.9 Å². The zero-order valence-corrected chi connectivity index (χ0v) is 19.1. The van der Waals surface area contributed by atoms with E-state index in [1.807, 2.05) is 0 Å². The number of anilines is 1. The lowest BCUT2D eigenvalue weighted by atomic mass is 9.79. The van der Waals surface area contributed by atoms with Gasteiger partial charge in [-0.3, -0.25) is 4.79 Å². The van der Waals surface area contributed by atoms with Crippen molar-refractivity contribution in [1.82, 2.24) is 5.43 Å². The number of amides is 1. The van der Waals surface area contributed by atoms with Gasteiger partial charge in [0, 0.05) is 22.8 Å². The molecule has 1 unspecified atom stereocenters. The summed E-state index contributed by atoms with van der Waals surface area (Å²) in [5.41, 5.74) is 7.45. The summed E-state index contributed by atoms with van der Waals surface area (Å²) >= 11 is 5.84. The van der Waals surface area contributed by atoms with Crippen LogP contribution >= 0.6 is 11.6 Å². The Kier molecular flexibility index (Phi) is 6.71. The summed E-state index contributed by atoms with van der Waals surface area (Å²) in [5, 5.41) is 4.75. The molecule has 0 aliphatic carbocycles. The molecule has 0 saturated heterocycles. The highest BCUT2D eigenvalue weighted by molar-refractivity contribution is 6.30. The van der Waals surface area contributed by atoms with Crippen molar-refractivity contribution >= 4 is 29.4 Å². The minimum absolute atomic E-state index is 0.111. The van der Waals surface area contributed by atoms with Crippen LogP contribution in [0.5, 0.6) is 5.75 Å². The third-order valence-electron chi connectivity index (χ3n) is 5.67. The molecule has 0 saturated carbocycles. The summed E-state index contributed by atoms with van der Waals surface area (Å²) in [6.45, 7) is 12.0. The standard InChI is InChI=1S/C24H30ClN3O2/c1-6-28-22-11-16(2)18(12-21(22)17(3)13-24(28,4)5)14-26-27-23(29)15-30-20-9-7-19(25)8-10-20/h7-12,14,17H,6,13,15H2,1-5H3,(H,27,29)/b26-14-. The lowest BCUT2D eigenvalue weighted by Gasteiger charge is -2.47. The molecule has 1 N–H and O–H groups in total. The van der Waals surface area contributed by atoms with Gasteiger partial charge in [0.25, 0.3) is 5.91 Å². The van der Waals surface area contributed by atoms with Crippen molar-refractivity contribution in [1.29, 1.82) is 0 Å². The van der Waals surface area contributed by atoms with Crippen molar-refractivity contribution < 1.29 is 9.53 Å². The number of nitrogens with zero attached hydrogens (tertiary/aromatic N) is 2. The highest BCUT2D eigenvalue weighted by atomic mass is 35.5. The van der Waals surface area contributed by atoms with Crippen LogP contribution in [0, 0.1) is 6.92 Å². The lowest BCUT2D eigenvalue weighted by molar-refractivity contribution is -0.123. The zero-order valence-electron chi connectivity index (χ0n) is 18.3. The second-order valence-corrected chi connectivity index (χ2v) is 8.90. The second-order valence-electron chi connectivity index (χ2n) is 8.47. The fourth-order valence-corrected chi connectivity index (χ4v) is 4.40. The molecule has 6 heteroatoms. The SMILES string of the molecule is CCN1c2cc(C)c(/C=N\NC(=O)COc3ccc(Cl)cc3)cc2C(C)CC1(C)C. The van der Waals surface area contributed by atoms with Gasteiger partial charge in [-0.25, -0.2) is 5.43 Å². The maximum atomic E-state index is 12.0. The Hall–Kier alpha value is -2.53. The van der Waals surface area contributed by atoms with Crippen LogP contribution in [-0.2, 0) is 4.79 Å². The van der Waals surface area contributed by atoms with E-state index in [2.05, 4.69) is 62.2 Å². The minimum Gasteiger partial charge on any atom is -0.484 e. The van der Waals surface area contributed by atoms with Crippen molar-refractivity contribution in [3.8, 4) is 5.75 Å². The Morgan fingerprint density at radius 1 is 1.33 bits per heavy atom. The number of rotatable bonds is 6. The predicted molar refractivity (Wildman–Crippen MR) is 124 cm³/mol. The van der Waals surface area contributed by atoms with Crippen molar-refractivity contribution in [3.63, 3.8) is 0 Å². The Morgan fingerprint density at radius 2 is 2.03 bits per heavy atom. The normalized spacial score (nSPS) is 17.7. The number of fused-ring (bicyclic) bond motifs is 1. The highest BCUT2D eigenvalue weighted by Gasteiger charge is 2.35. The van der Waals surface area contributed by atoms with Gasteiger partial charge in [-0.1, -0.05) is 18.5 Å². The maximum Gasteiger partial charge on any atom is 0.277 e. The van der Waals surface area contributed by atoms with E-state index in [1.54, 1.807) is 30.5 Å².